The Hall–Kier alpha value is -1.89. The van der Waals surface area contributed by atoms with Gasteiger partial charge in [0.25, 0.3) is 0 Å². The number of carboxylic acid groups (broad SMARTS) is 1. The zero-order valence-electron chi connectivity index (χ0n) is 9.72. The number of fused-ring (bicyclic) bond motifs is 1. The van der Waals surface area contributed by atoms with E-state index in [-0.39, 0.29) is 5.56 Å². The van der Waals surface area contributed by atoms with Crippen LogP contribution in [0.2, 0.25) is 0 Å². The normalized spacial score (nSPS) is 10.8. The van der Waals surface area contributed by atoms with E-state index in [1.165, 1.54) is 0 Å². The van der Waals surface area contributed by atoms with Gasteiger partial charge in [0.1, 0.15) is 5.82 Å². The highest BCUT2D eigenvalue weighted by Crippen LogP contribution is 2.25. The predicted molar refractivity (Wildman–Crippen MR) is 81.2 cm³/mol. The van der Waals surface area contributed by atoms with E-state index < -0.39 is 5.97 Å². The van der Waals surface area contributed by atoms with E-state index in [1.807, 2.05) is 24.3 Å². The van der Waals surface area contributed by atoms with Crippen LogP contribution in [0.25, 0.3) is 22.4 Å². The Morgan fingerprint density at radius 1 is 1.21 bits per heavy atom. The lowest BCUT2D eigenvalue weighted by Gasteiger charge is -1.98. The molecule has 0 unspecified atom stereocenters. The molecule has 3 rings (SSSR count). The van der Waals surface area contributed by atoms with Crippen LogP contribution in [0.5, 0.6) is 0 Å². The maximum Gasteiger partial charge on any atom is 0.335 e. The van der Waals surface area contributed by atoms with Crippen LogP contribution in [0.15, 0.2) is 42.5 Å². The first-order valence-corrected chi connectivity index (χ1v) is 6.71. The molecule has 0 fully saturated rings. The van der Waals surface area contributed by atoms with Crippen molar-refractivity contribution in [2.75, 3.05) is 0 Å². The van der Waals surface area contributed by atoms with Crippen LogP contribution in [0, 0.1) is 3.57 Å². The molecule has 2 aromatic carbocycles. The van der Waals surface area contributed by atoms with Gasteiger partial charge in [0.15, 0.2) is 0 Å². The minimum absolute atomic E-state index is 0.255. The highest BCUT2D eigenvalue weighted by Gasteiger charge is 2.10. The maximum absolute atomic E-state index is 10.9. The van der Waals surface area contributed by atoms with E-state index in [2.05, 4.69) is 32.6 Å². The number of halogens is 1. The highest BCUT2D eigenvalue weighted by molar-refractivity contribution is 14.1. The standard InChI is InChI=1S/C14H9IN2O2/c15-10-4-2-1-3-9(10)13-16-11-6-5-8(14(18)19)7-12(11)17-13/h1-7H,(H,16,17)(H,18,19). The van der Waals surface area contributed by atoms with Crippen LogP contribution in [-0.4, -0.2) is 21.0 Å². The summed E-state index contributed by atoms with van der Waals surface area (Å²) >= 11 is 2.25. The summed E-state index contributed by atoms with van der Waals surface area (Å²) < 4.78 is 1.10. The second-order valence-electron chi connectivity index (χ2n) is 4.10. The lowest BCUT2D eigenvalue weighted by atomic mass is 10.2. The van der Waals surface area contributed by atoms with E-state index >= 15 is 0 Å². The third-order valence-electron chi connectivity index (χ3n) is 2.86. The second kappa shape index (κ2) is 4.65. The molecule has 0 saturated heterocycles. The lowest BCUT2D eigenvalue weighted by Crippen LogP contribution is -1.94. The Labute approximate surface area is 122 Å². The molecule has 19 heavy (non-hydrogen) atoms. The molecule has 5 heteroatoms. The van der Waals surface area contributed by atoms with Crippen molar-refractivity contribution in [2.45, 2.75) is 0 Å². The van der Waals surface area contributed by atoms with Gasteiger partial charge in [0.2, 0.25) is 0 Å². The fraction of sp³-hybridized carbons (Fsp3) is 0. The molecule has 3 aromatic rings. The fourth-order valence-electron chi connectivity index (χ4n) is 1.92. The van der Waals surface area contributed by atoms with E-state index in [9.17, 15) is 4.79 Å². The van der Waals surface area contributed by atoms with E-state index in [0.717, 1.165) is 26.0 Å². The van der Waals surface area contributed by atoms with Gasteiger partial charge in [-0.3, -0.25) is 0 Å². The van der Waals surface area contributed by atoms with Crippen molar-refractivity contribution in [2.24, 2.45) is 0 Å². The average molecular weight is 364 g/mol. The molecule has 94 valence electrons. The molecule has 0 radical (unpaired) electrons. The van der Waals surface area contributed by atoms with Gasteiger partial charge in [-0.1, -0.05) is 18.2 Å². The van der Waals surface area contributed by atoms with Crippen molar-refractivity contribution < 1.29 is 9.90 Å². The van der Waals surface area contributed by atoms with Gasteiger partial charge in [-0.15, -0.1) is 0 Å². The van der Waals surface area contributed by atoms with Crippen LogP contribution in [0.1, 0.15) is 10.4 Å². The lowest BCUT2D eigenvalue weighted by molar-refractivity contribution is 0.0697. The van der Waals surface area contributed by atoms with E-state index in [0.29, 0.717) is 0 Å². The van der Waals surface area contributed by atoms with Gasteiger partial charge < -0.3 is 10.1 Å². The predicted octanol–water partition coefficient (Wildman–Crippen LogP) is 3.53. The Morgan fingerprint density at radius 2 is 2.00 bits per heavy atom. The van der Waals surface area contributed by atoms with Crippen molar-refractivity contribution in [3.05, 3.63) is 51.6 Å². The summed E-state index contributed by atoms with van der Waals surface area (Å²) in [5.74, 6) is -0.185. The molecular weight excluding hydrogens is 355 g/mol. The number of hydrogen-bond acceptors (Lipinski definition) is 2. The third kappa shape index (κ3) is 2.21. The summed E-state index contributed by atoms with van der Waals surface area (Å²) in [7, 11) is 0. The van der Waals surface area contributed by atoms with Crippen molar-refractivity contribution in [3.8, 4) is 11.4 Å². The first kappa shape index (κ1) is 12.2. The Kier molecular flexibility index (Phi) is 2.98. The quantitative estimate of drug-likeness (QED) is 0.684. The number of nitrogens with one attached hydrogen (secondary N) is 1. The van der Waals surface area contributed by atoms with Crippen LogP contribution in [0.3, 0.4) is 0 Å². The Balaban J connectivity index is 2.17. The summed E-state index contributed by atoms with van der Waals surface area (Å²) in [6.45, 7) is 0. The number of nitrogens with zero attached hydrogens (tertiary/aromatic N) is 1. The Bertz CT molecular complexity index is 780. The summed E-state index contributed by atoms with van der Waals surface area (Å²) in [5, 5.41) is 8.98. The minimum atomic E-state index is -0.938. The van der Waals surface area contributed by atoms with Gasteiger partial charge in [-0.25, -0.2) is 9.78 Å². The maximum atomic E-state index is 10.9. The molecule has 0 spiro atoms. The SMILES string of the molecule is O=C(O)c1ccc2nc(-c3ccccc3I)[nH]c2c1. The van der Waals surface area contributed by atoms with Gasteiger partial charge in [0.05, 0.1) is 16.6 Å². The summed E-state index contributed by atoms with van der Waals surface area (Å²) in [4.78, 5) is 18.6. The van der Waals surface area contributed by atoms with E-state index in [1.54, 1.807) is 18.2 Å². The summed E-state index contributed by atoms with van der Waals surface area (Å²) in [5.41, 5.74) is 2.76. The molecule has 0 atom stereocenters. The molecule has 0 aliphatic carbocycles. The molecule has 0 aliphatic rings. The smallest absolute Gasteiger partial charge is 0.335 e. The van der Waals surface area contributed by atoms with Crippen LogP contribution < -0.4 is 0 Å². The zero-order chi connectivity index (χ0) is 13.4. The zero-order valence-corrected chi connectivity index (χ0v) is 11.9. The number of rotatable bonds is 2. The number of benzene rings is 2. The van der Waals surface area contributed by atoms with Gasteiger partial charge >= 0.3 is 5.97 Å². The van der Waals surface area contributed by atoms with Gasteiger partial charge in [0, 0.05) is 9.13 Å². The Morgan fingerprint density at radius 3 is 2.74 bits per heavy atom. The number of carboxylic acids is 1. The van der Waals surface area contributed by atoms with Crippen molar-refractivity contribution >= 4 is 39.6 Å². The number of aromatic carboxylic acids is 1. The fourth-order valence-corrected chi connectivity index (χ4v) is 2.57. The molecule has 0 amide bonds. The van der Waals surface area contributed by atoms with Crippen LogP contribution in [0.4, 0.5) is 0 Å². The summed E-state index contributed by atoms with van der Waals surface area (Å²) in [6.07, 6.45) is 0. The molecule has 4 nitrogen and oxygen atoms in total. The minimum Gasteiger partial charge on any atom is -0.478 e. The molecular formula is C14H9IN2O2. The van der Waals surface area contributed by atoms with Crippen molar-refractivity contribution in [1.82, 2.24) is 9.97 Å². The molecule has 0 saturated carbocycles. The summed E-state index contributed by atoms with van der Waals surface area (Å²) in [6, 6.07) is 12.8. The number of hydrogen-bond donors (Lipinski definition) is 2. The van der Waals surface area contributed by atoms with Crippen molar-refractivity contribution in [1.29, 1.82) is 0 Å². The van der Waals surface area contributed by atoms with Crippen LogP contribution >= 0.6 is 22.6 Å². The van der Waals surface area contributed by atoms with Crippen LogP contribution in [-0.2, 0) is 0 Å². The van der Waals surface area contributed by atoms with Crippen molar-refractivity contribution in [3.63, 3.8) is 0 Å². The third-order valence-corrected chi connectivity index (χ3v) is 3.80. The first-order chi connectivity index (χ1) is 9.15. The number of H-pyrrole nitrogens is 1. The molecule has 0 bridgehead atoms. The number of aromatic nitrogens is 2. The van der Waals surface area contributed by atoms with Gasteiger partial charge in [-0.2, -0.15) is 0 Å². The topological polar surface area (TPSA) is 66.0 Å². The number of aromatic amines is 1. The monoisotopic (exact) mass is 364 g/mol. The second-order valence-corrected chi connectivity index (χ2v) is 5.26. The molecule has 0 aliphatic heterocycles. The highest BCUT2D eigenvalue weighted by atomic mass is 127. The van der Waals surface area contributed by atoms with Gasteiger partial charge in [-0.05, 0) is 46.9 Å². The number of imidazole rings is 1. The average Bonchev–Trinajstić information content (AvgIpc) is 2.81. The molecule has 1 aromatic heterocycles. The molecule has 2 N–H and O–H groups in total. The molecule has 1 heterocycles. The largest absolute Gasteiger partial charge is 0.478 e. The first-order valence-electron chi connectivity index (χ1n) is 5.63. The number of carbonyl (C=O) groups is 1. The van der Waals surface area contributed by atoms with E-state index in [4.69, 9.17) is 5.11 Å².